The third kappa shape index (κ3) is 9.91. The molecule has 6 aromatic rings. The molecule has 5 amide bonds. The van der Waals surface area contributed by atoms with Gasteiger partial charge in [0.2, 0.25) is 29.5 Å². The van der Waals surface area contributed by atoms with Crippen LogP contribution in [0.4, 0.5) is 0 Å². The largest absolute Gasteiger partial charge is 0.368 e. The maximum atomic E-state index is 14.6. The Morgan fingerprint density at radius 2 is 0.914 bits per heavy atom. The van der Waals surface area contributed by atoms with E-state index in [4.69, 9.17) is 17.2 Å². The second-order valence-electron chi connectivity index (χ2n) is 14.7. The molecule has 15 nitrogen and oxygen atoms in total. The van der Waals surface area contributed by atoms with Crippen LogP contribution in [0.2, 0.25) is 0 Å². The molecule has 5 atom stereocenters. The van der Waals surface area contributed by atoms with Crippen molar-refractivity contribution < 1.29 is 24.0 Å². The fourth-order valence-corrected chi connectivity index (χ4v) is 7.33. The molecular weight excluding hydrogens is 737 g/mol. The van der Waals surface area contributed by atoms with Gasteiger partial charge in [-0.2, -0.15) is 0 Å². The number of benzene rings is 3. The number of amides is 5. The van der Waals surface area contributed by atoms with Crippen molar-refractivity contribution in [3.63, 3.8) is 0 Å². The Hall–Kier alpha value is -6.45. The van der Waals surface area contributed by atoms with Gasteiger partial charge in [-0.15, -0.1) is 0 Å². The second kappa shape index (κ2) is 19.1. The summed E-state index contributed by atoms with van der Waals surface area (Å²) in [6.45, 7) is 2.20. The molecule has 0 spiro atoms. The quantitative estimate of drug-likeness (QED) is 0.0552. The number of carbonyl (C=O) groups excluding carboxylic acids is 5. The molecule has 304 valence electrons. The van der Waals surface area contributed by atoms with E-state index in [-0.39, 0.29) is 32.2 Å². The number of para-hydroxylation sites is 3. The molecule has 0 fully saturated rings. The fourth-order valence-electron chi connectivity index (χ4n) is 7.33. The molecule has 15 heteroatoms. The Morgan fingerprint density at radius 3 is 1.28 bits per heavy atom. The van der Waals surface area contributed by atoms with Crippen molar-refractivity contribution >= 4 is 62.2 Å². The lowest BCUT2D eigenvalue weighted by Crippen LogP contribution is -2.59. The van der Waals surface area contributed by atoms with Gasteiger partial charge in [0, 0.05) is 70.6 Å². The third-order valence-electron chi connectivity index (χ3n) is 10.5. The van der Waals surface area contributed by atoms with Gasteiger partial charge in [-0.1, -0.05) is 67.9 Å². The normalized spacial score (nSPS) is 14.1. The van der Waals surface area contributed by atoms with E-state index >= 15 is 0 Å². The molecule has 0 saturated carbocycles. The van der Waals surface area contributed by atoms with Gasteiger partial charge in [0.1, 0.15) is 24.2 Å². The molecule has 0 radical (unpaired) electrons. The standard InChI is InChI=1S/C43H52N10O5/c1-2-10-31(45)40(55)51-36(19-25-22-47-32-14-6-3-11-28(25)32)42(57)53-38(21-27-24-49-34-16-8-5-13-30(27)34)43(58)52-37(41(56)50-35(39(46)54)17-9-18-44)20-26-23-48-33-15-7-4-12-29(26)33/h3-8,11-16,22-24,31,35-38,47-49H,2,9-10,17-21,44-45H2,1H3,(H2,46,54)(H,50,56)(H,51,55)(H,52,58)(H,53,57)/t31-,35-,36-,37+,38+/m0/s1. The number of nitrogens with two attached hydrogens (primary N) is 3. The van der Waals surface area contributed by atoms with Gasteiger partial charge >= 0.3 is 0 Å². The maximum Gasteiger partial charge on any atom is 0.243 e. The zero-order chi connectivity index (χ0) is 41.2. The lowest BCUT2D eigenvalue weighted by atomic mass is 10.00. The van der Waals surface area contributed by atoms with Crippen LogP contribution in [0.5, 0.6) is 0 Å². The van der Waals surface area contributed by atoms with E-state index in [0.29, 0.717) is 19.3 Å². The van der Waals surface area contributed by atoms with Crippen LogP contribution in [0.3, 0.4) is 0 Å². The van der Waals surface area contributed by atoms with Gasteiger partial charge in [-0.25, -0.2) is 0 Å². The first-order valence-corrected chi connectivity index (χ1v) is 19.7. The Kier molecular flexibility index (Phi) is 13.6. The van der Waals surface area contributed by atoms with E-state index in [1.807, 2.05) is 79.7 Å². The first-order chi connectivity index (χ1) is 28.1. The highest BCUT2D eigenvalue weighted by molar-refractivity contribution is 5.97. The minimum atomic E-state index is -1.22. The van der Waals surface area contributed by atoms with Crippen LogP contribution in [-0.2, 0) is 43.2 Å². The summed E-state index contributed by atoms with van der Waals surface area (Å²) < 4.78 is 0. The molecule has 3 aromatic carbocycles. The first-order valence-electron chi connectivity index (χ1n) is 19.7. The molecule has 58 heavy (non-hydrogen) atoms. The summed E-state index contributed by atoms with van der Waals surface area (Å²) in [6.07, 6.45) is 7.26. The number of primary amides is 1. The SMILES string of the molecule is CCC[C@H](N)C(=O)N[C@@H](Cc1c[nH]c2ccccc12)C(=O)N[C@H](Cc1c[nH]c2ccccc12)C(=O)N[C@H](Cc1c[nH]c2ccccc12)C(=O)N[C@@H](CCCN)C(N)=O. The smallest absolute Gasteiger partial charge is 0.243 e. The monoisotopic (exact) mass is 788 g/mol. The van der Waals surface area contributed by atoms with Crippen LogP contribution in [0, 0.1) is 0 Å². The van der Waals surface area contributed by atoms with Gasteiger partial charge in [0.25, 0.3) is 0 Å². The predicted octanol–water partition coefficient (Wildman–Crippen LogP) is 2.45. The van der Waals surface area contributed by atoms with Crippen LogP contribution in [0.1, 0.15) is 49.3 Å². The number of hydrogen-bond donors (Lipinski definition) is 10. The zero-order valence-corrected chi connectivity index (χ0v) is 32.5. The molecule has 6 rings (SSSR count). The molecule has 0 saturated heterocycles. The average molecular weight is 789 g/mol. The number of fused-ring (bicyclic) bond motifs is 3. The van der Waals surface area contributed by atoms with E-state index in [0.717, 1.165) is 49.4 Å². The molecular formula is C43H52N10O5. The highest BCUT2D eigenvalue weighted by Gasteiger charge is 2.33. The molecule has 0 unspecified atom stereocenters. The number of rotatable bonds is 20. The van der Waals surface area contributed by atoms with Gasteiger partial charge in [-0.3, -0.25) is 24.0 Å². The Labute approximate surface area is 335 Å². The summed E-state index contributed by atoms with van der Waals surface area (Å²) in [5.41, 5.74) is 22.4. The highest BCUT2D eigenvalue weighted by atomic mass is 16.2. The molecule has 0 bridgehead atoms. The van der Waals surface area contributed by atoms with E-state index in [2.05, 4.69) is 36.2 Å². The zero-order valence-electron chi connectivity index (χ0n) is 32.5. The van der Waals surface area contributed by atoms with Crippen LogP contribution in [0.15, 0.2) is 91.4 Å². The highest BCUT2D eigenvalue weighted by Crippen LogP contribution is 2.23. The molecule has 0 aliphatic heterocycles. The predicted molar refractivity (Wildman–Crippen MR) is 224 cm³/mol. The Morgan fingerprint density at radius 1 is 0.552 bits per heavy atom. The minimum absolute atomic E-state index is 0.0342. The fraction of sp³-hybridized carbons (Fsp3) is 0.326. The summed E-state index contributed by atoms with van der Waals surface area (Å²) in [6, 6.07) is 17.4. The number of carbonyl (C=O) groups is 5. The molecule has 3 heterocycles. The average Bonchev–Trinajstić information content (AvgIpc) is 3.95. The summed E-state index contributed by atoms with van der Waals surface area (Å²) in [5, 5.41) is 14.0. The minimum Gasteiger partial charge on any atom is -0.368 e. The number of aromatic nitrogens is 3. The summed E-state index contributed by atoms with van der Waals surface area (Å²) in [4.78, 5) is 78.5. The number of aromatic amines is 3. The molecule has 0 aliphatic carbocycles. The Bertz CT molecular complexity index is 2380. The number of hydrogen-bond acceptors (Lipinski definition) is 7. The van der Waals surface area contributed by atoms with E-state index in [1.54, 1.807) is 18.6 Å². The van der Waals surface area contributed by atoms with Crippen molar-refractivity contribution in [2.75, 3.05) is 6.54 Å². The van der Waals surface area contributed by atoms with Crippen molar-refractivity contribution in [3.05, 3.63) is 108 Å². The van der Waals surface area contributed by atoms with Crippen molar-refractivity contribution in [1.82, 2.24) is 36.2 Å². The van der Waals surface area contributed by atoms with Gasteiger partial charge in [0.15, 0.2) is 0 Å². The topological polar surface area (TPSA) is 259 Å². The summed E-state index contributed by atoms with van der Waals surface area (Å²) in [5.74, 6) is -3.13. The van der Waals surface area contributed by atoms with Crippen LogP contribution in [0.25, 0.3) is 32.7 Å². The van der Waals surface area contributed by atoms with Crippen molar-refractivity contribution in [1.29, 1.82) is 0 Å². The van der Waals surface area contributed by atoms with Crippen molar-refractivity contribution in [2.24, 2.45) is 17.2 Å². The van der Waals surface area contributed by atoms with Gasteiger partial charge < -0.3 is 53.4 Å². The molecule has 13 N–H and O–H groups in total. The lowest BCUT2D eigenvalue weighted by molar-refractivity contribution is -0.134. The first kappa shape index (κ1) is 41.2. The van der Waals surface area contributed by atoms with Gasteiger partial charge in [0.05, 0.1) is 6.04 Å². The summed E-state index contributed by atoms with van der Waals surface area (Å²) >= 11 is 0. The van der Waals surface area contributed by atoms with E-state index in [9.17, 15) is 24.0 Å². The van der Waals surface area contributed by atoms with Gasteiger partial charge in [-0.05, 0) is 60.7 Å². The number of nitrogens with one attached hydrogen (secondary N) is 7. The summed E-state index contributed by atoms with van der Waals surface area (Å²) in [7, 11) is 0. The van der Waals surface area contributed by atoms with E-state index in [1.165, 1.54) is 0 Å². The molecule has 0 aliphatic rings. The van der Waals surface area contributed by atoms with Crippen LogP contribution in [-0.4, -0.2) is 81.2 Å². The van der Waals surface area contributed by atoms with Crippen LogP contribution < -0.4 is 38.5 Å². The second-order valence-corrected chi connectivity index (χ2v) is 14.7. The van der Waals surface area contributed by atoms with E-state index < -0.39 is 59.7 Å². The van der Waals surface area contributed by atoms with Crippen molar-refractivity contribution in [2.45, 2.75) is 82.1 Å². The third-order valence-corrected chi connectivity index (χ3v) is 10.5. The maximum absolute atomic E-state index is 14.6. The van der Waals surface area contributed by atoms with Crippen molar-refractivity contribution in [3.8, 4) is 0 Å². The number of H-pyrrole nitrogens is 3. The lowest BCUT2D eigenvalue weighted by Gasteiger charge is -2.27. The van der Waals surface area contributed by atoms with Crippen LogP contribution >= 0.6 is 0 Å². The Balaban J connectivity index is 1.33. The molecule has 3 aromatic heterocycles.